The summed E-state index contributed by atoms with van der Waals surface area (Å²) in [6.07, 6.45) is 2.23. The molecule has 0 aliphatic heterocycles. The van der Waals surface area contributed by atoms with Gasteiger partial charge in [-0.25, -0.2) is 0 Å². The Bertz CT molecular complexity index is 285. The third-order valence-electron chi connectivity index (χ3n) is 2.58. The minimum atomic E-state index is 0.465. The molecule has 0 bridgehead atoms. The summed E-state index contributed by atoms with van der Waals surface area (Å²) in [5.41, 5.74) is 0. The molecule has 3 heteroatoms. The molecule has 0 fully saturated rings. The first kappa shape index (κ1) is 13.7. The number of hydrogen-bond donors (Lipinski definition) is 1. The third-order valence-corrected chi connectivity index (χ3v) is 3.99. The van der Waals surface area contributed by atoms with E-state index in [2.05, 4.69) is 31.3 Å². The Kier molecular flexibility index (Phi) is 6.69. The zero-order valence-electron chi connectivity index (χ0n) is 10.6. The van der Waals surface area contributed by atoms with E-state index < -0.39 is 0 Å². The highest BCUT2D eigenvalue weighted by Crippen LogP contribution is 2.23. The minimum absolute atomic E-state index is 0.465. The van der Waals surface area contributed by atoms with Crippen molar-refractivity contribution in [1.29, 1.82) is 0 Å². The van der Waals surface area contributed by atoms with E-state index in [0.717, 1.165) is 32.6 Å². The van der Waals surface area contributed by atoms with Crippen LogP contribution in [0.4, 0.5) is 0 Å². The molecule has 0 radical (unpaired) electrons. The van der Waals surface area contributed by atoms with E-state index in [1.54, 1.807) is 0 Å². The van der Waals surface area contributed by atoms with Gasteiger partial charge in [0, 0.05) is 29.0 Å². The predicted octanol–water partition coefficient (Wildman–Crippen LogP) is 3.39. The van der Waals surface area contributed by atoms with Gasteiger partial charge in [0.2, 0.25) is 0 Å². The Morgan fingerprint density at radius 1 is 1.38 bits per heavy atom. The summed E-state index contributed by atoms with van der Waals surface area (Å²) >= 11 is 1.92. The molecule has 1 atom stereocenters. The zero-order valence-corrected chi connectivity index (χ0v) is 11.4. The van der Waals surface area contributed by atoms with Crippen molar-refractivity contribution in [3.8, 4) is 0 Å². The minimum Gasteiger partial charge on any atom is -0.382 e. The van der Waals surface area contributed by atoms with Gasteiger partial charge in [0.1, 0.15) is 0 Å². The standard InChI is InChI=1S/C13H23NOS/c1-4-12-7-8-13(16-12)11(3)14-9-6-10-15-5-2/h7-8,11,14H,4-6,9-10H2,1-3H3. The second-order valence-electron chi connectivity index (χ2n) is 3.88. The molecule has 1 aromatic rings. The molecule has 1 unspecified atom stereocenters. The van der Waals surface area contributed by atoms with Crippen LogP contribution in [0, 0.1) is 0 Å². The van der Waals surface area contributed by atoms with E-state index in [4.69, 9.17) is 4.74 Å². The van der Waals surface area contributed by atoms with Crippen LogP contribution in [0.15, 0.2) is 12.1 Å². The van der Waals surface area contributed by atoms with Gasteiger partial charge < -0.3 is 10.1 Å². The molecule has 1 N–H and O–H groups in total. The fraction of sp³-hybridized carbons (Fsp3) is 0.692. The van der Waals surface area contributed by atoms with Crippen LogP contribution in [-0.4, -0.2) is 19.8 Å². The number of thiophene rings is 1. The molecular weight excluding hydrogens is 218 g/mol. The van der Waals surface area contributed by atoms with Crippen molar-refractivity contribution in [1.82, 2.24) is 5.32 Å². The van der Waals surface area contributed by atoms with Gasteiger partial charge in [-0.2, -0.15) is 0 Å². The van der Waals surface area contributed by atoms with Crippen molar-refractivity contribution in [2.24, 2.45) is 0 Å². The second kappa shape index (κ2) is 7.82. The van der Waals surface area contributed by atoms with Crippen LogP contribution in [0.5, 0.6) is 0 Å². The molecule has 1 aromatic heterocycles. The van der Waals surface area contributed by atoms with Crippen LogP contribution < -0.4 is 5.32 Å². The summed E-state index contributed by atoms with van der Waals surface area (Å²) in [5.74, 6) is 0. The molecule has 0 aliphatic rings. The smallest absolute Gasteiger partial charge is 0.0477 e. The van der Waals surface area contributed by atoms with E-state index in [1.165, 1.54) is 9.75 Å². The monoisotopic (exact) mass is 241 g/mol. The Balaban J connectivity index is 2.21. The topological polar surface area (TPSA) is 21.3 Å². The van der Waals surface area contributed by atoms with Gasteiger partial charge in [-0.05, 0) is 45.4 Å². The Morgan fingerprint density at radius 3 is 2.81 bits per heavy atom. The largest absolute Gasteiger partial charge is 0.382 e. The highest BCUT2D eigenvalue weighted by atomic mass is 32.1. The predicted molar refractivity (Wildman–Crippen MR) is 71.2 cm³/mol. The van der Waals surface area contributed by atoms with Gasteiger partial charge in [-0.1, -0.05) is 6.92 Å². The maximum absolute atomic E-state index is 5.31. The van der Waals surface area contributed by atoms with E-state index in [1.807, 2.05) is 18.3 Å². The molecule has 0 saturated heterocycles. The molecular formula is C13H23NOS. The van der Waals surface area contributed by atoms with Gasteiger partial charge in [0.15, 0.2) is 0 Å². The Morgan fingerprint density at radius 2 is 2.19 bits per heavy atom. The first-order valence-corrected chi connectivity index (χ1v) is 6.99. The van der Waals surface area contributed by atoms with Crippen molar-refractivity contribution >= 4 is 11.3 Å². The SMILES string of the molecule is CCOCCCNC(C)c1ccc(CC)s1. The summed E-state index contributed by atoms with van der Waals surface area (Å²) < 4.78 is 5.31. The average Bonchev–Trinajstić information content (AvgIpc) is 2.77. The van der Waals surface area contributed by atoms with Gasteiger partial charge in [-0.3, -0.25) is 0 Å². The summed E-state index contributed by atoms with van der Waals surface area (Å²) in [7, 11) is 0. The van der Waals surface area contributed by atoms with Gasteiger partial charge in [0.25, 0.3) is 0 Å². The van der Waals surface area contributed by atoms with Gasteiger partial charge >= 0.3 is 0 Å². The quantitative estimate of drug-likeness (QED) is 0.704. The molecule has 1 heterocycles. The second-order valence-corrected chi connectivity index (χ2v) is 5.08. The molecule has 1 rings (SSSR count). The first-order valence-electron chi connectivity index (χ1n) is 6.17. The van der Waals surface area contributed by atoms with E-state index in [9.17, 15) is 0 Å². The zero-order chi connectivity index (χ0) is 11.8. The molecule has 0 aliphatic carbocycles. The van der Waals surface area contributed by atoms with Crippen molar-refractivity contribution in [2.45, 2.75) is 39.7 Å². The van der Waals surface area contributed by atoms with Crippen molar-refractivity contribution in [3.05, 3.63) is 21.9 Å². The van der Waals surface area contributed by atoms with Crippen LogP contribution in [0.3, 0.4) is 0 Å². The third kappa shape index (κ3) is 4.64. The van der Waals surface area contributed by atoms with E-state index >= 15 is 0 Å². The van der Waals surface area contributed by atoms with Crippen molar-refractivity contribution in [3.63, 3.8) is 0 Å². The molecule has 0 spiro atoms. The summed E-state index contributed by atoms with van der Waals surface area (Å²) in [6, 6.07) is 4.94. The number of nitrogens with one attached hydrogen (secondary N) is 1. The van der Waals surface area contributed by atoms with Crippen molar-refractivity contribution < 1.29 is 4.74 Å². The fourth-order valence-corrected chi connectivity index (χ4v) is 2.53. The number of hydrogen-bond acceptors (Lipinski definition) is 3. The fourth-order valence-electron chi connectivity index (χ4n) is 1.55. The van der Waals surface area contributed by atoms with Crippen LogP contribution >= 0.6 is 11.3 Å². The van der Waals surface area contributed by atoms with E-state index in [-0.39, 0.29) is 0 Å². The molecule has 0 aromatic carbocycles. The van der Waals surface area contributed by atoms with Gasteiger partial charge in [-0.15, -0.1) is 11.3 Å². The summed E-state index contributed by atoms with van der Waals surface area (Å²) in [6.45, 7) is 9.18. The first-order chi connectivity index (χ1) is 7.77. The lowest BCUT2D eigenvalue weighted by atomic mass is 10.2. The average molecular weight is 241 g/mol. The highest BCUT2D eigenvalue weighted by molar-refractivity contribution is 7.12. The normalized spacial score (nSPS) is 12.9. The van der Waals surface area contributed by atoms with Crippen LogP contribution in [0.1, 0.15) is 43.0 Å². The maximum atomic E-state index is 5.31. The van der Waals surface area contributed by atoms with Gasteiger partial charge in [0.05, 0.1) is 0 Å². The molecule has 0 amide bonds. The van der Waals surface area contributed by atoms with E-state index in [0.29, 0.717) is 6.04 Å². The molecule has 2 nitrogen and oxygen atoms in total. The highest BCUT2D eigenvalue weighted by Gasteiger charge is 2.06. The molecule has 92 valence electrons. The Hall–Kier alpha value is -0.380. The lowest BCUT2D eigenvalue weighted by molar-refractivity contribution is 0.144. The summed E-state index contributed by atoms with van der Waals surface area (Å²) in [4.78, 5) is 2.91. The lowest BCUT2D eigenvalue weighted by Gasteiger charge is -2.11. The van der Waals surface area contributed by atoms with Crippen LogP contribution in [0.2, 0.25) is 0 Å². The maximum Gasteiger partial charge on any atom is 0.0477 e. The Labute approximate surface area is 103 Å². The van der Waals surface area contributed by atoms with Crippen LogP contribution in [0.25, 0.3) is 0 Å². The van der Waals surface area contributed by atoms with Crippen molar-refractivity contribution in [2.75, 3.05) is 19.8 Å². The summed E-state index contributed by atoms with van der Waals surface area (Å²) in [5, 5.41) is 3.53. The number of ether oxygens (including phenoxy) is 1. The van der Waals surface area contributed by atoms with Crippen LogP contribution in [-0.2, 0) is 11.2 Å². The number of aryl methyl sites for hydroxylation is 1. The molecule has 16 heavy (non-hydrogen) atoms. The molecule has 0 saturated carbocycles. The number of rotatable bonds is 8. The lowest BCUT2D eigenvalue weighted by Crippen LogP contribution is -2.20.